The molecule has 2 rings (SSSR count). The summed E-state index contributed by atoms with van der Waals surface area (Å²) in [5.74, 6) is 0. The third-order valence-corrected chi connectivity index (χ3v) is 3.11. The van der Waals surface area contributed by atoms with Crippen LogP contribution in [-0.4, -0.2) is 24.9 Å². The second-order valence-corrected chi connectivity index (χ2v) is 4.52. The monoisotopic (exact) mass is 256 g/mol. The van der Waals surface area contributed by atoms with E-state index in [0.717, 1.165) is 12.8 Å². The van der Waals surface area contributed by atoms with Crippen LogP contribution in [0, 0.1) is 0 Å². The van der Waals surface area contributed by atoms with Crippen LogP contribution in [0.3, 0.4) is 0 Å². The summed E-state index contributed by atoms with van der Waals surface area (Å²) >= 11 is 0. The zero-order valence-corrected chi connectivity index (χ0v) is 11.1. The molecular formula is C17H20O2. The third kappa shape index (κ3) is 4.51. The van der Waals surface area contributed by atoms with Crippen LogP contribution in [0.15, 0.2) is 54.6 Å². The Morgan fingerprint density at radius 3 is 2.21 bits per heavy atom. The molecule has 0 radical (unpaired) electrons. The molecule has 0 aliphatic rings. The van der Waals surface area contributed by atoms with Gasteiger partial charge in [-0.1, -0.05) is 54.6 Å². The molecule has 0 bridgehead atoms. The lowest BCUT2D eigenvalue weighted by Crippen LogP contribution is -2.05. The van der Waals surface area contributed by atoms with E-state index in [4.69, 9.17) is 9.84 Å². The Bertz CT molecular complexity index is 480. The Morgan fingerprint density at radius 2 is 1.47 bits per heavy atom. The normalized spacial score (nSPS) is 10.6. The predicted molar refractivity (Wildman–Crippen MR) is 77.3 cm³/mol. The van der Waals surface area contributed by atoms with Gasteiger partial charge in [0.25, 0.3) is 0 Å². The molecule has 0 aliphatic carbocycles. The maximum Gasteiger partial charge on any atom is 0.0697 e. The lowest BCUT2D eigenvalue weighted by atomic mass is 9.98. The van der Waals surface area contributed by atoms with E-state index < -0.39 is 0 Å². The fraction of sp³-hybridized carbons (Fsp3) is 0.294. The van der Waals surface area contributed by atoms with Gasteiger partial charge >= 0.3 is 0 Å². The van der Waals surface area contributed by atoms with E-state index in [0.29, 0.717) is 13.2 Å². The molecule has 2 aromatic carbocycles. The van der Waals surface area contributed by atoms with Gasteiger partial charge in [-0.3, -0.25) is 0 Å². The first-order valence-electron chi connectivity index (χ1n) is 6.69. The van der Waals surface area contributed by atoms with E-state index in [1.54, 1.807) is 0 Å². The minimum absolute atomic E-state index is 0.0890. The van der Waals surface area contributed by atoms with E-state index in [9.17, 15) is 0 Å². The minimum atomic E-state index is 0.0890. The summed E-state index contributed by atoms with van der Waals surface area (Å²) in [4.78, 5) is 0. The zero-order chi connectivity index (χ0) is 13.3. The molecule has 1 N–H and O–H groups in total. The first-order chi connectivity index (χ1) is 9.40. The van der Waals surface area contributed by atoms with Crippen molar-refractivity contribution in [3.63, 3.8) is 0 Å². The van der Waals surface area contributed by atoms with Crippen LogP contribution in [0.5, 0.6) is 0 Å². The largest absolute Gasteiger partial charge is 0.394 e. The lowest BCUT2D eigenvalue weighted by Gasteiger charge is -2.10. The number of aliphatic hydroxyl groups is 1. The fourth-order valence-corrected chi connectivity index (χ4v) is 2.14. The van der Waals surface area contributed by atoms with Crippen LogP contribution >= 0.6 is 0 Å². The highest BCUT2D eigenvalue weighted by Gasteiger charge is 2.03. The maximum atomic E-state index is 8.69. The number of aliphatic hydroxyl groups excluding tert-OH is 1. The third-order valence-electron chi connectivity index (χ3n) is 3.11. The van der Waals surface area contributed by atoms with Crippen molar-refractivity contribution in [3.8, 4) is 0 Å². The first kappa shape index (κ1) is 13.8. The molecule has 2 aromatic rings. The van der Waals surface area contributed by atoms with E-state index in [-0.39, 0.29) is 6.61 Å². The molecule has 0 aliphatic heterocycles. The molecule has 0 unspecified atom stereocenters. The summed E-state index contributed by atoms with van der Waals surface area (Å²) in [5.41, 5.74) is 4.00. The van der Waals surface area contributed by atoms with Crippen molar-refractivity contribution in [2.24, 2.45) is 0 Å². The van der Waals surface area contributed by atoms with E-state index in [2.05, 4.69) is 48.5 Å². The van der Waals surface area contributed by atoms with Crippen LogP contribution in [0.25, 0.3) is 0 Å². The maximum absolute atomic E-state index is 8.69. The molecule has 0 fully saturated rings. The van der Waals surface area contributed by atoms with Crippen molar-refractivity contribution in [3.05, 3.63) is 71.3 Å². The second-order valence-electron chi connectivity index (χ2n) is 4.52. The zero-order valence-electron chi connectivity index (χ0n) is 11.1. The molecule has 19 heavy (non-hydrogen) atoms. The van der Waals surface area contributed by atoms with Crippen molar-refractivity contribution >= 4 is 0 Å². The molecule has 100 valence electrons. The Labute approximate surface area is 114 Å². The molecular weight excluding hydrogens is 236 g/mol. The summed E-state index contributed by atoms with van der Waals surface area (Å²) in [5, 5.41) is 8.69. The van der Waals surface area contributed by atoms with Crippen molar-refractivity contribution in [2.45, 2.75) is 12.8 Å². The van der Waals surface area contributed by atoms with Gasteiger partial charge < -0.3 is 9.84 Å². The van der Waals surface area contributed by atoms with Gasteiger partial charge in [0, 0.05) is 0 Å². The topological polar surface area (TPSA) is 29.5 Å². The van der Waals surface area contributed by atoms with Gasteiger partial charge in [-0.05, 0) is 29.5 Å². The van der Waals surface area contributed by atoms with Crippen LogP contribution < -0.4 is 0 Å². The second kappa shape index (κ2) is 7.72. The minimum Gasteiger partial charge on any atom is -0.394 e. The first-order valence-corrected chi connectivity index (χ1v) is 6.69. The number of hydrogen-bond acceptors (Lipinski definition) is 2. The van der Waals surface area contributed by atoms with Crippen molar-refractivity contribution in [2.75, 3.05) is 19.8 Å². The number of benzene rings is 2. The Morgan fingerprint density at radius 1 is 0.789 bits per heavy atom. The summed E-state index contributed by atoms with van der Waals surface area (Å²) in [6.07, 6.45) is 1.85. The van der Waals surface area contributed by atoms with Gasteiger partial charge in [-0.2, -0.15) is 0 Å². The molecule has 0 spiro atoms. The van der Waals surface area contributed by atoms with Gasteiger partial charge in [0.05, 0.1) is 19.8 Å². The molecule has 0 heterocycles. The highest BCUT2D eigenvalue weighted by atomic mass is 16.5. The average molecular weight is 256 g/mol. The van der Waals surface area contributed by atoms with Gasteiger partial charge in [0.1, 0.15) is 0 Å². The molecule has 0 amide bonds. The van der Waals surface area contributed by atoms with E-state index in [1.807, 2.05) is 6.07 Å². The predicted octanol–water partition coefficient (Wildman–Crippen LogP) is 2.83. The Balaban J connectivity index is 2.00. The highest BCUT2D eigenvalue weighted by molar-refractivity contribution is 5.32. The van der Waals surface area contributed by atoms with Crippen LogP contribution in [0.4, 0.5) is 0 Å². The average Bonchev–Trinajstić information content (AvgIpc) is 2.46. The van der Waals surface area contributed by atoms with Gasteiger partial charge in [-0.15, -0.1) is 0 Å². The molecule has 2 heteroatoms. The number of hydrogen-bond donors (Lipinski definition) is 1. The van der Waals surface area contributed by atoms with Gasteiger partial charge in [0.2, 0.25) is 0 Å². The molecule has 2 nitrogen and oxygen atoms in total. The summed E-state index contributed by atoms with van der Waals surface area (Å²) in [6, 6.07) is 19.0. The molecule has 0 aromatic heterocycles. The summed E-state index contributed by atoms with van der Waals surface area (Å²) in [7, 11) is 0. The fourth-order valence-electron chi connectivity index (χ4n) is 2.14. The standard InChI is InChI=1S/C17H20O2/c18-11-13-19-12-10-16-8-4-5-9-17(16)14-15-6-2-1-3-7-15/h1-9,18H,10-14H2. The number of ether oxygens (including phenoxy) is 1. The van der Waals surface area contributed by atoms with Crippen molar-refractivity contribution in [1.29, 1.82) is 0 Å². The summed E-state index contributed by atoms with van der Waals surface area (Å²) in [6.45, 7) is 1.17. The van der Waals surface area contributed by atoms with Crippen LogP contribution in [0.1, 0.15) is 16.7 Å². The quantitative estimate of drug-likeness (QED) is 0.772. The summed E-state index contributed by atoms with van der Waals surface area (Å²) < 4.78 is 5.34. The van der Waals surface area contributed by atoms with E-state index >= 15 is 0 Å². The van der Waals surface area contributed by atoms with E-state index in [1.165, 1.54) is 16.7 Å². The number of rotatable bonds is 7. The van der Waals surface area contributed by atoms with Crippen LogP contribution in [0.2, 0.25) is 0 Å². The van der Waals surface area contributed by atoms with Crippen molar-refractivity contribution < 1.29 is 9.84 Å². The molecule has 0 atom stereocenters. The van der Waals surface area contributed by atoms with Gasteiger partial charge in [-0.25, -0.2) is 0 Å². The molecule has 0 saturated heterocycles. The Kier molecular flexibility index (Phi) is 5.60. The Hall–Kier alpha value is -1.64. The smallest absolute Gasteiger partial charge is 0.0697 e. The van der Waals surface area contributed by atoms with Crippen LogP contribution in [-0.2, 0) is 17.6 Å². The lowest BCUT2D eigenvalue weighted by molar-refractivity contribution is 0.0943. The van der Waals surface area contributed by atoms with Crippen molar-refractivity contribution in [1.82, 2.24) is 0 Å². The molecule has 0 saturated carbocycles. The SMILES string of the molecule is OCCOCCc1ccccc1Cc1ccccc1. The van der Waals surface area contributed by atoms with Gasteiger partial charge in [0.15, 0.2) is 0 Å². The highest BCUT2D eigenvalue weighted by Crippen LogP contribution is 2.15.